The SMILES string of the molecule is CCCCc1noc(CN(C)CC(=O)N(C)C)n1. The molecule has 0 radical (unpaired) electrons. The molecule has 6 nitrogen and oxygen atoms in total. The minimum absolute atomic E-state index is 0.0585. The summed E-state index contributed by atoms with van der Waals surface area (Å²) in [6.45, 7) is 2.97. The molecule has 0 saturated heterocycles. The number of likely N-dealkylation sites (N-methyl/N-ethyl adjacent to an activating group) is 2. The first-order chi connectivity index (χ1) is 8.52. The first kappa shape index (κ1) is 14.6. The molecule has 0 saturated carbocycles. The van der Waals surface area contributed by atoms with Crippen molar-refractivity contribution in [1.29, 1.82) is 0 Å². The Balaban J connectivity index is 2.41. The molecule has 6 heteroatoms. The third kappa shape index (κ3) is 4.83. The van der Waals surface area contributed by atoms with Crippen molar-refractivity contribution >= 4 is 5.91 Å². The molecule has 0 bridgehead atoms. The van der Waals surface area contributed by atoms with Crippen LogP contribution in [-0.2, 0) is 17.8 Å². The number of unbranched alkanes of at least 4 members (excludes halogenated alkanes) is 1. The molecule has 0 aliphatic carbocycles. The minimum Gasteiger partial charge on any atom is -0.348 e. The van der Waals surface area contributed by atoms with Crippen molar-refractivity contribution in [1.82, 2.24) is 19.9 Å². The molecule has 1 aromatic rings. The van der Waals surface area contributed by atoms with E-state index in [4.69, 9.17) is 4.52 Å². The highest BCUT2D eigenvalue weighted by molar-refractivity contribution is 5.77. The van der Waals surface area contributed by atoms with Gasteiger partial charge in [0.1, 0.15) is 0 Å². The fraction of sp³-hybridized carbons (Fsp3) is 0.750. The summed E-state index contributed by atoms with van der Waals surface area (Å²) >= 11 is 0. The molecule has 18 heavy (non-hydrogen) atoms. The van der Waals surface area contributed by atoms with Gasteiger partial charge in [0.2, 0.25) is 11.8 Å². The van der Waals surface area contributed by atoms with E-state index in [9.17, 15) is 4.79 Å². The molecule has 1 aromatic heterocycles. The maximum Gasteiger partial charge on any atom is 0.240 e. The molecule has 0 aromatic carbocycles. The van der Waals surface area contributed by atoms with Gasteiger partial charge in [0.25, 0.3) is 0 Å². The van der Waals surface area contributed by atoms with Gasteiger partial charge in [-0.2, -0.15) is 4.98 Å². The lowest BCUT2D eigenvalue weighted by atomic mass is 10.2. The number of aromatic nitrogens is 2. The Kier molecular flexibility index (Phi) is 5.77. The van der Waals surface area contributed by atoms with Crippen molar-refractivity contribution in [3.05, 3.63) is 11.7 Å². The lowest BCUT2D eigenvalue weighted by Crippen LogP contribution is -2.34. The number of rotatable bonds is 7. The second kappa shape index (κ2) is 7.10. The van der Waals surface area contributed by atoms with Gasteiger partial charge in [-0.3, -0.25) is 9.69 Å². The van der Waals surface area contributed by atoms with Crippen molar-refractivity contribution in [2.75, 3.05) is 27.7 Å². The van der Waals surface area contributed by atoms with Gasteiger partial charge in [-0.05, 0) is 13.5 Å². The van der Waals surface area contributed by atoms with Crippen LogP contribution in [0.5, 0.6) is 0 Å². The highest BCUT2D eigenvalue weighted by Crippen LogP contribution is 2.04. The molecule has 102 valence electrons. The maximum absolute atomic E-state index is 11.5. The summed E-state index contributed by atoms with van der Waals surface area (Å²) in [7, 11) is 5.34. The standard InChI is InChI=1S/C12H22N4O2/c1-5-6-7-10-13-11(18-14-10)8-16(4)9-12(17)15(2)3/h5-9H2,1-4H3. The van der Waals surface area contributed by atoms with Crippen LogP contribution in [0.4, 0.5) is 0 Å². The molecule has 0 spiro atoms. The van der Waals surface area contributed by atoms with E-state index in [1.165, 1.54) is 0 Å². The van der Waals surface area contributed by atoms with Crippen LogP contribution in [0.25, 0.3) is 0 Å². The van der Waals surface area contributed by atoms with E-state index in [1.54, 1.807) is 19.0 Å². The second-order valence-electron chi connectivity index (χ2n) is 4.67. The first-order valence-electron chi connectivity index (χ1n) is 6.23. The number of carbonyl (C=O) groups excluding carboxylic acids is 1. The smallest absolute Gasteiger partial charge is 0.240 e. The maximum atomic E-state index is 11.5. The average molecular weight is 254 g/mol. The van der Waals surface area contributed by atoms with E-state index >= 15 is 0 Å². The highest BCUT2D eigenvalue weighted by Gasteiger charge is 2.12. The fourth-order valence-electron chi connectivity index (χ4n) is 1.45. The molecule has 1 rings (SSSR count). The molecular weight excluding hydrogens is 232 g/mol. The lowest BCUT2D eigenvalue weighted by molar-refractivity contribution is -0.129. The average Bonchev–Trinajstić information content (AvgIpc) is 2.73. The summed E-state index contributed by atoms with van der Waals surface area (Å²) in [5, 5.41) is 3.91. The van der Waals surface area contributed by atoms with Crippen LogP contribution in [0, 0.1) is 0 Å². The van der Waals surface area contributed by atoms with Gasteiger partial charge in [0.05, 0.1) is 13.1 Å². The summed E-state index contributed by atoms with van der Waals surface area (Å²) in [5.41, 5.74) is 0. The summed E-state index contributed by atoms with van der Waals surface area (Å²) in [6.07, 6.45) is 3.02. The number of amides is 1. The molecule has 0 atom stereocenters. The monoisotopic (exact) mass is 254 g/mol. The molecule has 0 aliphatic heterocycles. The van der Waals surface area contributed by atoms with E-state index in [0.29, 0.717) is 19.0 Å². The van der Waals surface area contributed by atoms with E-state index in [-0.39, 0.29) is 5.91 Å². The molecule has 1 amide bonds. The van der Waals surface area contributed by atoms with E-state index in [0.717, 1.165) is 25.1 Å². The zero-order valence-electron chi connectivity index (χ0n) is 11.6. The number of carbonyl (C=O) groups is 1. The van der Waals surface area contributed by atoms with Gasteiger partial charge in [-0.1, -0.05) is 18.5 Å². The van der Waals surface area contributed by atoms with Crippen LogP contribution in [-0.4, -0.2) is 53.5 Å². The first-order valence-corrected chi connectivity index (χ1v) is 6.23. The third-order valence-electron chi connectivity index (χ3n) is 2.57. The molecule has 1 heterocycles. The predicted molar refractivity (Wildman–Crippen MR) is 67.9 cm³/mol. The Morgan fingerprint density at radius 2 is 2.06 bits per heavy atom. The van der Waals surface area contributed by atoms with E-state index in [2.05, 4.69) is 17.1 Å². The third-order valence-corrected chi connectivity index (χ3v) is 2.57. The summed E-state index contributed by atoms with van der Waals surface area (Å²) in [5.74, 6) is 1.37. The lowest BCUT2D eigenvalue weighted by Gasteiger charge is -2.16. The van der Waals surface area contributed by atoms with Gasteiger partial charge in [0.15, 0.2) is 5.82 Å². The molecule has 0 fully saturated rings. The molecule has 0 unspecified atom stereocenters. The van der Waals surface area contributed by atoms with E-state index < -0.39 is 0 Å². The normalized spacial score (nSPS) is 10.9. The molecule has 0 aliphatic rings. The van der Waals surface area contributed by atoms with Crippen LogP contribution >= 0.6 is 0 Å². The Labute approximate surface area is 108 Å². The van der Waals surface area contributed by atoms with Gasteiger partial charge in [-0.25, -0.2) is 0 Å². The topological polar surface area (TPSA) is 62.5 Å². The Hall–Kier alpha value is -1.43. The van der Waals surface area contributed by atoms with Crippen LogP contribution in [0.1, 0.15) is 31.5 Å². The zero-order valence-corrected chi connectivity index (χ0v) is 11.6. The van der Waals surface area contributed by atoms with E-state index in [1.807, 2.05) is 11.9 Å². The van der Waals surface area contributed by atoms with Gasteiger partial charge in [-0.15, -0.1) is 0 Å². The number of hydrogen-bond acceptors (Lipinski definition) is 5. The van der Waals surface area contributed by atoms with Gasteiger partial charge < -0.3 is 9.42 Å². The van der Waals surface area contributed by atoms with Crippen LogP contribution < -0.4 is 0 Å². The summed E-state index contributed by atoms with van der Waals surface area (Å²) < 4.78 is 5.15. The Morgan fingerprint density at radius 3 is 2.67 bits per heavy atom. The van der Waals surface area contributed by atoms with Crippen LogP contribution in [0.3, 0.4) is 0 Å². The summed E-state index contributed by atoms with van der Waals surface area (Å²) in [6, 6.07) is 0. The van der Waals surface area contributed by atoms with Crippen molar-refractivity contribution in [2.45, 2.75) is 32.7 Å². The van der Waals surface area contributed by atoms with Gasteiger partial charge in [0, 0.05) is 20.5 Å². The summed E-state index contributed by atoms with van der Waals surface area (Å²) in [4.78, 5) is 19.2. The Morgan fingerprint density at radius 1 is 1.33 bits per heavy atom. The zero-order chi connectivity index (χ0) is 13.5. The minimum atomic E-state index is 0.0585. The van der Waals surface area contributed by atoms with Crippen LogP contribution in [0.2, 0.25) is 0 Å². The number of hydrogen-bond donors (Lipinski definition) is 0. The van der Waals surface area contributed by atoms with Crippen molar-refractivity contribution in [3.8, 4) is 0 Å². The Bertz CT molecular complexity index is 376. The molecule has 0 N–H and O–H groups in total. The number of aryl methyl sites for hydroxylation is 1. The highest BCUT2D eigenvalue weighted by atomic mass is 16.5. The predicted octanol–water partition coefficient (Wildman–Crippen LogP) is 0.932. The van der Waals surface area contributed by atoms with Crippen LogP contribution in [0.15, 0.2) is 4.52 Å². The molecular formula is C12H22N4O2. The largest absolute Gasteiger partial charge is 0.348 e. The fourth-order valence-corrected chi connectivity index (χ4v) is 1.45. The van der Waals surface area contributed by atoms with Gasteiger partial charge >= 0.3 is 0 Å². The van der Waals surface area contributed by atoms with Crippen molar-refractivity contribution < 1.29 is 9.32 Å². The van der Waals surface area contributed by atoms with Crippen molar-refractivity contribution in [2.24, 2.45) is 0 Å². The number of nitrogens with zero attached hydrogens (tertiary/aromatic N) is 4. The quantitative estimate of drug-likeness (QED) is 0.724. The van der Waals surface area contributed by atoms with Crippen molar-refractivity contribution in [3.63, 3.8) is 0 Å². The second-order valence-corrected chi connectivity index (χ2v) is 4.67.